The Bertz CT molecular complexity index is 476. The molecular formula is C16H23N3O. The zero-order valence-electron chi connectivity index (χ0n) is 11.9. The first-order chi connectivity index (χ1) is 9.79. The summed E-state index contributed by atoms with van der Waals surface area (Å²) < 4.78 is 0. The van der Waals surface area contributed by atoms with E-state index in [0.29, 0.717) is 6.54 Å². The van der Waals surface area contributed by atoms with Crippen LogP contribution in [0.1, 0.15) is 28.8 Å². The number of benzene rings is 1. The van der Waals surface area contributed by atoms with Crippen molar-refractivity contribution in [1.82, 2.24) is 9.80 Å². The maximum Gasteiger partial charge on any atom is 0.254 e. The number of carbonyl (C=O) groups is 1. The monoisotopic (exact) mass is 273 g/mol. The van der Waals surface area contributed by atoms with Crippen LogP contribution in [-0.4, -0.2) is 54.5 Å². The molecule has 0 unspecified atom stereocenters. The van der Waals surface area contributed by atoms with Crippen LogP contribution in [0.15, 0.2) is 24.3 Å². The minimum Gasteiger partial charge on any atom is -0.336 e. The fourth-order valence-corrected chi connectivity index (χ4v) is 3.00. The van der Waals surface area contributed by atoms with E-state index in [0.717, 1.165) is 49.8 Å². The van der Waals surface area contributed by atoms with Crippen molar-refractivity contribution >= 4 is 5.91 Å². The van der Waals surface area contributed by atoms with E-state index in [1.54, 1.807) is 0 Å². The summed E-state index contributed by atoms with van der Waals surface area (Å²) in [5, 5.41) is 0. The Kier molecular flexibility index (Phi) is 4.03. The normalized spacial score (nSPS) is 20.1. The number of nitrogens with zero attached hydrogens (tertiary/aromatic N) is 2. The maximum absolute atomic E-state index is 12.7. The second kappa shape index (κ2) is 5.94. The smallest absolute Gasteiger partial charge is 0.254 e. The summed E-state index contributed by atoms with van der Waals surface area (Å²) in [7, 11) is 0. The number of amides is 1. The van der Waals surface area contributed by atoms with Crippen molar-refractivity contribution in [3.8, 4) is 0 Å². The van der Waals surface area contributed by atoms with Crippen LogP contribution in [0.2, 0.25) is 0 Å². The van der Waals surface area contributed by atoms with Gasteiger partial charge in [0.25, 0.3) is 5.91 Å². The molecular weight excluding hydrogens is 250 g/mol. The minimum absolute atomic E-state index is 0.171. The summed E-state index contributed by atoms with van der Waals surface area (Å²) in [6.45, 7) is 4.34. The second-order valence-corrected chi connectivity index (χ2v) is 5.76. The molecule has 4 heteroatoms. The molecule has 1 aliphatic heterocycles. The Balaban J connectivity index is 1.66. The lowest BCUT2D eigenvalue weighted by molar-refractivity contribution is 0.0626. The molecule has 1 saturated heterocycles. The van der Waals surface area contributed by atoms with Crippen molar-refractivity contribution in [2.75, 3.05) is 32.7 Å². The molecule has 1 amide bonds. The number of piperazine rings is 1. The van der Waals surface area contributed by atoms with Crippen molar-refractivity contribution in [3.05, 3.63) is 35.4 Å². The summed E-state index contributed by atoms with van der Waals surface area (Å²) in [6.07, 6.45) is 3.45. The van der Waals surface area contributed by atoms with Crippen LogP contribution < -0.4 is 5.73 Å². The average Bonchev–Trinajstić information content (AvgIpc) is 3.32. The van der Waals surface area contributed by atoms with Gasteiger partial charge in [-0.2, -0.15) is 0 Å². The molecule has 2 N–H and O–H groups in total. The average molecular weight is 273 g/mol. The van der Waals surface area contributed by atoms with E-state index in [4.69, 9.17) is 5.73 Å². The summed E-state index contributed by atoms with van der Waals surface area (Å²) in [6, 6.07) is 8.67. The first kappa shape index (κ1) is 13.6. The van der Waals surface area contributed by atoms with E-state index in [2.05, 4.69) is 4.90 Å². The summed E-state index contributed by atoms with van der Waals surface area (Å²) in [4.78, 5) is 17.2. The SMILES string of the molecule is NCCc1ccccc1C(=O)N1CCN(C2CC2)CC1. The fourth-order valence-electron chi connectivity index (χ4n) is 3.00. The molecule has 0 atom stereocenters. The van der Waals surface area contributed by atoms with Gasteiger partial charge in [-0.25, -0.2) is 0 Å². The van der Waals surface area contributed by atoms with Gasteiger partial charge in [-0.15, -0.1) is 0 Å². The highest BCUT2D eigenvalue weighted by Gasteiger charge is 2.32. The highest BCUT2D eigenvalue weighted by molar-refractivity contribution is 5.95. The van der Waals surface area contributed by atoms with Gasteiger partial charge in [-0.3, -0.25) is 9.69 Å². The van der Waals surface area contributed by atoms with Crippen molar-refractivity contribution in [2.24, 2.45) is 5.73 Å². The van der Waals surface area contributed by atoms with Crippen molar-refractivity contribution in [3.63, 3.8) is 0 Å². The molecule has 0 spiro atoms. The summed E-state index contributed by atoms with van der Waals surface area (Å²) in [5.41, 5.74) is 7.54. The molecule has 1 aromatic rings. The van der Waals surface area contributed by atoms with Gasteiger partial charge in [0.1, 0.15) is 0 Å². The number of nitrogens with two attached hydrogens (primary N) is 1. The molecule has 20 heavy (non-hydrogen) atoms. The third-order valence-corrected chi connectivity index (χ3v) is 4.33. The first-order valence-electron chi connectivity index (χ1n) is 7.61. The van der Waals surface area contributed by atoms with Crippen LogP contribution in [0.25, 0.3) is 0 Å². The van der Waals surface area contributed by atoms with Crippen LogP contribution in [-0.2, 0) is 6.42 Å². The predicted octanol–water partition coefficient (Wildman–Crippen LogP) is 1.11. The Morgan fingerprint density at radius 3 is 2.50 bits per heavy atom. The van der Waals surface area contributed by atoms with Gasteiger partial charge in [0.2, 0.25) is 0 Å². The summed E-state index contributed by atoms with van der Waals surface area (Å²) >= 11 is 0. The van der Waals surface area contributed by atoms with E-state index >= 15 is 0 Å². The van der Waals surface area contributed by atoms with Gasteiger partial charge in [0.15, 0.2) is 0 Å². The standard InChI is InChI=1S/C16H23N3O/c17-8-7-13-3-1-2-4-15(13)16(20)19-11-9-18(10-12-19)14-5-6-14/h1-4,14H,5-12,17H2. The number of carbonyl (C=O) groups excluding carboxylic acids is 1. The van der Waals surface area contributed by atoms with Crippen molar-refractivity contribution in [1.29, 1.82) is 0 Å². The Hall–Kier alpha value is -1.39. The lowest BCUT2D eigenvalue weighted by Crippen LogP contribution is -2.49. The molecule has 1 aromatic carbocycles. The van der Waals surface area contributed by atoms with E-state index in [-0.39, 0.29) is 5.91 Å². The highest BCUT2D eigenvalue weighted by atomic mass is 16.2. The molecule has 1 heterocycles. The van der Waals surface area contributed by atoms with Crippen LogP contribution >= 0.6 is 0 Å². The van der Waals surface area contributed by atoms with Crippen molar-refractivity contribution < 1.29 is 4.79 Å². The van der Waals surface area contributed by atoms with Gasteiger partial charge >= 0.3 is 0 Å². The second-order valence-electron chi connectivity index (χ2n) is 5.76. The molecule has 0 aromatic heterocycles. The van der Waals surface area contributed by atoms with Gasteiger partial charge < -0.3 is 10.6 Å². The molecule has 3 rings (SSSR count). The van der Waals surface area contributed by atoms with Crippen LogP contribution in [0, 0.1) is 0 Å². The van der Waals surface area contributed by atoms with E-state index in [9.17, 15) is 4.79 Å². The molecule has 4 nitrogen and oxygen atoms in total. The largest absolute Gasteiger partial charge is 0.336 e. The van der Waals surface area contributed by atoms with E-state index in [1.807, 2.05) is 29.2 Å². The molecule has 1 saturated carbocycles. The Labute approximate surface area is 120 Å². The molecule has 2 fully saturated rings. The topological polar surface area (TPSA) is 49.6 Å². The van der Waals surface area contributed by atoms with Crippen molar-refractivity contribution in [2.45, 2.75) is 25.3 Å². The molecule has 0 bridgehead atoms. The molecule has 0 radical (unpaired) electrons. The quantitative estimate of drug-likeness (QED) is 0.894. The van der Waals surface area contributed by atoms with E-state index < -0.39 is 0 Å². The summed E-state index contributed by atoms with van der Waals surface area (Å²) in [5.74, 6) is 0.171. The van der Waals surface area contributed by atoms with Crippen LogP contribution in [0.5, 0.6) is 0 Å². The fraction of sp³-hybridized carbons (Fsp3) is 0.562. The predicted molar refractivity (Wildman–Crippen MR) is 79.7 cm³/mol. The van der Waals surface area contributed by atoms with Gasteiger partial charge in [-0.05, 0) is 37.4 Å². The number of hydrogen-bond donors (Lipinski definition) is 1. The van der Waals surface area contributed by atoms with Crippen LogP contribution in [0.4, 0.5) is 0 Å². The lowest BCUT2D eigenvalue weighted by atomic mass is 10.0. The third kappa shape index (κ3) is 2.86. The van der Waals surface area contributed by atoms with Gasteiger partial charge in [-0.1, -0.05) is 18.2 Å². The zero-order chi connectivity index (χ0) is 13.9. The third-order valence-electron chi connectivity index (χ3n) is 4.33. The highest BCUT2D eigenvalue weighted by Crippen LogP contribution is 2.27. The zero-order valence-corrected chi connectivity index (χ0v) is 11.9. The molecule has 1 aliphatic carbocycles. The Morgan fingerprint density at radius 2 is 1.85 bits per heavy atom. The Morgan fingerprint density at radius 1 is 1.15 bits per heavy atom. The number of hydrogen-bond acceptors (Lipinski definition) is 3. The molecule has 2 aliphatic rings. The minimum atomic E-state index is 0.171. The van der Waals surface area contributed by atoms with Gasteiger partial charge in [0.05, 0.1) is 0 Å². The molecule has 108 valence electrons. The van der Waals surface area contributed by atoms with Gasteiger partial charge in [0, 0.05) is 37.8 Å². The maximum atomic E-state index is 12.7. The lowest BCUT2D eigenvalue weighted by Gasteiger charge is -2.35. The number of rotatable bonds is 4. The first-order valence-corrected chi connectivity index (χ1v) is 7.61. The van der Waals surface area contributed by atoms with E-state index in [1.165, 1.54) is 12.8 Å². The van der Waals surface area contributed by atoms with Crippen LogP contribution in [0.3, 0.4) is 0 Å².